The molecule has 0 radical (unpaired) electrons. The molecule has 0 fully saturated rings. The third kappa shape index (κ3) is 2.01. The van der Waals surface area contributed by atoms with Gasteiger partial charge in [-0.25, -0.2) is 0 Å². The average Bonchev–Trinajstić information content (AvgIpc) is 3.37. The molecule has 3 heteroatoms. The first-order valence-corrected chi connectivity index (χ1v) is 9.97. The van der Waals surface area contributed by atoms with Crippen LogP contribution in [0.5, 0.6) is 0 Å². The van der Waals surface area contributed by atoms with Crippen molar-refractivity contribution in [2.45, 2.75) is 0 Å². The number of benzene rings is 4. The molecule has 7 aromatic rings. The van der Waals surface area contributed by atoms with E-state index in [9.17, 15) is 0 Å². The van der Waals surface area contributed by atoms with Crippen LogP contribution in [0, 0.1) is 0 Å². The molecular weight excluding hydrogens is 370 g/mol. The largest absolute Gasteiger partial charge is 0.456 e. The monoisotopic (exact) mass is 385 g/mol. The number of para-hydroxylation sites is 1. The number of hydrogen-bond acceptors (Lipinski definition) is 3. The summed E-state index contributed by atoms with van der Waals surface area (Å²) in [5.74, 6) is 0. The van der Waals surface area contributed by atoms with Gasteiger partial charge >= 0.3 is 0 Å². The van der Waals surface area contributed by atoms with E-state index in [-0.39, 0.29) is 0 Å². The molecule has 0 bridgehead atoms. The molecular formula is C27H15NO2. The standard InChI is InChI=1S/C27H15NO2/c1-2-8-18-17(7-1)20(16-6-5-13-28-15-16)14-24-25(18)27-23(30-24)12-11-22-26(27)19-9-3-4-10-21(19)29-22/h1-15H. The Morgan fingerprint density at radius 2 is 1.23 bits per heavy atom. The van der Waals surface area contributed by atoms with Crippen molar-refractivity contribution in [2.24, 2.45) is 0 Å². The molecule has 0 aliphatic heterocycles. The second-order valence-electron chi connectivity index (χ2n) is 7.60. The second kappa shape index (κ2) is 5.71. The maximum Gasteiger partial charge on any atom is 0.136 e. The fourth-order valence-electron chi connectivity index (χ4n) is 4.70. The Labute approximate surface area is 171 Å². The van der Waals surface area contributed by atoms with Crippen LogP contribution in [-0.4, -0.2) is 4.98 Å². The van der Waals surface area contributed by atoms with Crippen molar-refractivity contribution in [1.82, 2.24) is 4.98 Å². The molecule has 3 nitrogen and oxygen atoms in total. The fraction of sp³-hybridized carbons (Fsp3) is 0. The van der Waals surface area contributed by atoms with E-state index in [1.54, 1.807) is 6.20 Å². The smallest absolute Gasteiger partial charge is 0.136 e. The normalized spacial score (nSPS) is 12.0. The SMILES string of the molecule is c1cncc(-c2cc3oc4ccc5oc6ccccc6c5c4c3c3ccccc23)c1. The van der Waals surface area contributed by atoms with Crippen molar-refractivity contribution in [3.63, 3.8) is 0 Å². The molecule has 0 aliphatic carbocycles. The van der Waals surface area contributed by atoms with Gasteiger partial charge in [-0.2, -0.15) is 0 Å². The summed E-state index contributed by atoms with van der Waals surface area (Å²) in [6.07, 6.45) is 3.70. The van der Waals surface area contributed by atoms with Crippen LogP contribution in [0.1, 0.15) is 0 Å². The third-order valence-corrected chi connectivity index (χ3v) is 5.96. The Morgan fingerprint density at radius 1 is 0.533 bits per heavy atom. The number of furan rings is 2. The highest BCUT2D eigenvalue weighted by Crippen LogP contribution is 2.44. The summed E-state index contributed by atoms with van der Waals surface area (Å²) in [7, 11) is 0. The molecule has 0 unspecified atom stereocenters. The van der Waals surface area contributed by atoms with Gasteiger partial charge in [-0.1, -0.05) is 48.5 Å². The number of pyridine rings is 1. The van der Waals surface area contributed by atoms with Gasteiger partial charge in [-0.3, -0.25) is 4.98 Å². The Kier molecular flexibility index (Phi) is 3.00. The summed E-state index contributed by atoms with van der Waals surface area (Å²) >= 11 is 0. The van der Waals surface area contributed by atoms with Crippen LogP contribution in [0.4, 0.5) is 0 Å². The molecule has 0 saturated carbocycles. The Morgan fingerprint density at radius 3 is 2.07 bits per heavy atom. The van der Waals surface area contributed by atoms with Crippen LogP contribution < -0.4 is 0 Å². The molecule has 0 amide bonds. The molecule has 0 N–H and O–H groups in total. The summed E-state index contributed by atoms with van der Waals surface area (Å²) in [5.41, 5.74) is 5.73. The topological polar surface area (TPSA) is 39.2 Å². The van der Waals surface area contributed by atoms with Gasteiger partial charge in [0.25, 0.3) is 0 Å². The third-order valence-electron chi connectivity index (χ3n) is 5.96. The Balaban J connectivity index is 1.75. The molecule has 7 rings (SSSR count). The van der Waals surface area contributed by atoms with Gasteiger partial charge in [0.2, 0.25) is 0 Å². The summed E-state index contributed by atoms with van der Waals surface area (Å²) in [5, 5.41) is 6.82. The molecule has 0 aliphatic rings. The van der Waals surface area contributed by atoms with Crippen LogP contribution in [0.2, 0.25) is 0 Å². The van der Waals surface area contributed by atoms with Gasteiger partial charge < -0.3 is 8.83 Å². The lowest BCUT2D eigenvalue weighted by Crippen LogP contribution is -1.84. The van der Waals surface area contributed by atoms with E-state index in [0.717, 1.165) is 55.0 Å². The number of rotatable bonds is 1. The van der Waals surface area contributed by atoms with Crippen molar-refractivity contribution in [1.29, 1.82) is 0 Å². The van der Waals surface area contributed by atoms with Crippen molar-refractivity contribution >= 4 is 54.6 Å². The Hall–Kier alpha value is -4.11. The summed E-state index contributed by atoms with van der Waals surface area (Å²) in [4.78, 5) is 4.32. The molecule has 3 heterocycles. The van der Waals surface area contributed by atoms with Gasteiger partial charge in [0.1, 0.15) is 22.3 Å². The lowest BCUT2D eigenvalue weighted by atomic mass is 9.95. The molecule has 0 saturated heterocycles. The fourth-order valence-corrected chi connectivity index (χ4v) is 4.70. The molecule has 30 heavy (non-hydrogen) atoms. The molecule has 140 valence electrons. The summed E-state index contributed by atoms with van der Waals surface area (Å²) in [6, 6.07) is 26.9. The van der Waals surface area contributed by atoms with E-state index in [4.69, 9.17) is 8.83 Å². The van der Waals surface area contributed by atoms with E-state index >= 15 is 0 Å². The molecule has 0 atom stereocenters. The van der Waals surface area contributed by atoms with Crippen molar-refractivity contribution in [3.8, 4) is 11.1 Å². The zero-order chi connectivity index (χ0) is 19.7. The predicted octanol–water partition coefficient (Wildman–Crippen LogP) is 7.70. The van der Waals surface area contributed by atoms with E-state index in [0.29, 0.717) is 0 Å². The summed E-state index contributed by atoms with van der Waals surface area (Å²) < 4.78 is 12.5. The highest BCUT2D eigenvalue weighted by Gasteiger charge is 2.19. The molecule has 0 spiro atoms. The van der Waals surface area contributed by atoms with Crippen LogP contribution in [-0.2, 0) is 0 Å². The first kappa shape index (κ1) is 15.8. The van der Waals surface area contributed by atoms with Crippen molar-refractivity contribution in [2.75, 3.05) is 0 Å². The first-order chi connectivity index (χ1) is 14.9. The van der Waals surface area contributed by atoms with E-state index < -0.39 is 0 Å². The number of aromatic nitrogens is 1. The zero-order valence-electron chi connectivity index (χ0n) is 15.9. The van der Waals surface area contributed by atoms with Crippen LogP contribution in [0.3, 0.4) is 0 Å². The average molecular weight is 385 g/mol. The lowest BCUT2D eigenvalue weighted by Gasteiger charge is -2.08. The number of hydrogen-bond donors (Lipinski definition) is 0. The van der Waals surface area contributed by atoms with E-state index in [2.05, 4.69) is 53.5 Å². The van der Waals surface area contributed by atoms with E-state index in [1.807, 2.05) is 36.5 Å². The quantitative estimate of drug-likeness (QED) is 0.291. The summed E-state index contributed by atoms with van der Waals surface area (Å²) in [6.45, 7) is 0. The van der Waals surface area contributed by atoms with Gasteiger partial charge in [0, 0.05) is 39.5 Å². The zero-order valence-corrected chi connectivity index (χ0v) is 15.9. The van der Waals surface area contributed by atoms with Crippen LogP contribution >= 0.6 is 0 Å². The number of nitrogens with zero attached hydrogens (tertiary/aromatic N) is 1. The maximum atomic E-state index is 6.39. The minimum absolute atomic E-state index is 0.873. The lowest BCUT2D eigenvalue weighted by molar-refractivity contribution is 0.663. The van der Waals surface area contributed by atoms with Gasteiger partial charge in [-0.05, 0) is 46.7 Å². The van der Waals surface area contributed by atoms with Crippen molar-refractivity contribution < 1.29 is 8.83 Å². The Bertz CT molecular complexity index is 1740. The van der Waals surface area contributed by atoms with Gasteiger partial charge in [-0.15, -0.1) is 0 Å². The van der Waals surface area contributed by atoms with E-state index in [1.165, 1.54) is 10.8 Å². The molecule has 3 aromatic heterocycles. The van der Waals surface area contributed by atoms with Gasteiger partial charge in [0.15, 0.2) is 0 Å². The predicted molar refractivity (Wildman–Crippen MR) is 122 cm³/mol. The highest BCUT2D eigenvalue weighted by atomic mass is 16.3. The minimum atomic E-state index is 0.873. The minimum Gasteiger partial charge on any atom is -0.456 e. The van der Waals surface area contributed by atoms with Crippen LogP contribution in [0.15, 0.2) is 100 Å². The highest BCUT2D eigenvalue weighted by molar-refractivity contribution is 6.31. The molecule has 4 aromatic carbocycles. The van der Waals surface area contributed by atoms with Crippen molar-refractivity contribution in [3.05, 3.63) is 91.3 Å². The van der Waals surface area contributed by atoms with Crippen LogP contribution in [0.25, 0.3) is 65.8 Å². The maximum absolute atomic E-state index is 6.39. The van der Waals surface area contributed by atoms with Gasteiger partial charge in [0.05, 0.1) is 0 Å². The number of fused-ring (bicyclic) bond motifs is 9. The second-order valence-corrected chi connectivity index (χ2v) is 7.60. The first-order valence-electron chi connectivity index (χ1n) is 9.97.